The maximum Gasteiger partial charge on any atom is 0.254 e. The van der Waals surface area contributed by atoms with E-state index >= 15 is 0 Å². The van der Waals surface area contributed by atoms with Crippen molar-refractivity contribution in [3.63, 3.8) is 0 Å². The van der Waals surface area contributed by atoms with Gasteiger partial charge in [-0.3, -0.25) is 9.59 Å². The van der Waals surface area contributed by atoms with Crippen molar-refractivity contribution in [2.24, 2.45) is 5.73 Å². The fourth-order valence-corrected chi connectivity index (χ4v) is 1.59. The standard InChI is InChI=1S/C8H13NO4/c9-7(12)5(10)6(11)8(13)3-1-2-4-8/h5,10,13H,1-4H2,(H2,9,12). The van der Waals surface area contributed by atoms with Gasteiger partial charge in [-0.05, 0) is 25.7 Å². The number of nitrogens with two attached hydrogens (primary N) is 1. The lowest BCUT2D eigenvalue weighted by Gasteiger charge is -2.21. The van der Waals surface area contributed by atoms with Gasteiger partial charge in [0, 0.05) is 0 Å². The summed E-state index contributed by atoms with van der Waals surface area (Å²) in [6.07, 6.45) is 0.191. The third kappa shape index (κ3) is 1.87. The van der Waals surface area contributed by atoms with Gasteiger partial charge in [0.15, 0.2) is 6.10 Å². The van der Waals surface area contributed by atoms with Crippen LogP contribution in [0, 0.1) is 0 Å². The fourth-order valence-electron chi connectivity index (χ4n) is 1.59. The van der Waals surface area contributed by atoms with Crippen molar-refractivity contribution in [1.82, 2.24) is 0 Å². The van der Waals surface area contributed by atoms with Gasteiger partial charge in [-0.2, -0.15) is 0 Å². The average molecular weight is 187 g/mol. The van der Waals surface area contributed by atoms with Crippen LogP contribution in [0.3, 0.4) is 0 Å². The van der Waals surface area contributed by atoms with Crippen molar-refractivity contribution in [3.05, 3.63) is 0 Å². The minimum atomic E-state index is -1.87. The van der Waals surface area contributed by atoms with Crippen LogP contribution < -0.4 is 5.73 Å². The van der Waals surface area contributed by atoms with Crippen LogP contribution in [0.1, 0.15) is 25.7 Å². The molecule has 1 fully saturated rings. The lowest BCUT2D eigenvalue weighted by molar-refractivity contribution is -0.151. The van der Waals surface area contributed by atoms with Crippen LogP contribution in [0.25, 0.3) is 0 Å². The first kappa shape index (κ1) is 10.1. The van der Waals surface area contributed by atoms with Gasteiger partial charge >= 0.3 is 0 Å². The van der Waals surface area contributed by atoms with Crippen molar-refractivity contribution in [2.75, 3.05) is 0 Å². The highest BCUT2D eigenvalue weighted by molar-refractivity contribution is 6.07. The molecule has 0 aliphatic heterocycles. The molecule has 1 aliphatic carbocycles. The molecule has 1 rings (SSSR count). The van der Waals surface area contributed by atoms with Crippen LogP contribution in [0.15, 0.2) is 0 Å². The number of carbonyl (C=O) groups excluding carboxylic acids is 2. The zero-order chi connectivity index (χ0) is 10.1. The molecule has 5 heteroatoms. The molecule has 0 heterocycles. The Morgan fingerprint density at radius 3 is 2.15 bits per heavy atom. The Kier molecular flexibility index (Phi) is 2.68. The predicted molar refractivity (Wildman–Crippen MR) is 43.6 cm³/mol. The number of Topliss-reactive ketones (excluding diaryl/α,β-unsaturated/α-hetero) is 1. The molecule has 0 radical (unpaired) electrons. The fraction of sp³-hybridized carbons (Fsp3) is 0.750. The number of amides is 1. The van der Waals surface area contributed by atoms with Crippen LogP contribution in [0.5, 0.6) is 0 Å². The largest absolute Gasteiger partial charge is 0.382 e. The number of ketones is 1. The molecule has 0 bridgehead atoms. The highest BCUT2D eigenvalue weighted by Crippen LogP contribution is 2.30. The summed E-state index contributed by atoms with van der Waals surface area (Å²) >= 11 is 0. The van der Waals surface area contributed by atoms with Gasteiger partial charge in [0.05, 0.1) is 0 Å². The zero-order valence-corrected chi connectivity index (χ0v) is 7.19. The van der Waals surface area contributed by atoms with E-state index in [9.17, 15) is 14.7 Å². The van der Waals surface area contributed by atoms with Crippen molar-refractivity contribution < 1.29 is 19.8 Å². The second kappa shape index (κ2) is 3.43. The van der Waals surface area contributed by atoms with E-state index in [1.54, 1.807) is 0 Å². The van der Waals surface area contributed by atoms with E-state index < -0.39 is 23.4 Å². The van der Waals surface area contributed by atoms with Crippen molar-refractivity contribution >= 4 is 11.7 Å². The van der Waals surface area contributed by atoms with Gasteiger partial charge in [0.2, 0.25) is 5.78 Å². The smallest absolute Gasteiger partial charge is 0.254 e. The Morgan fingerprint density at radius 2 is 1.77 bits per heavy atom. The van der Waals surface area contributed by atoms with Crippen molar-refractivity contribution in [3.8, 4) is 0 Å². The number of hydrogen-bond donors (Lipinski definition) is 3. The SMILES string of the molecule is NC(=O)C(O)C(=O)C1(O)CCCC1. The molecule has 1 saturated carbocycles. The summed E-state index contributed by atoms with van der Waals surface area (Å²) in [7, 11) is 0. The van der Waals surface area contributed by atoms with E-state index in [4.69, 9.17) is 10.8 Å². The molecule has 13 heavy (non-hydrogen) atoms. The van der Waals surface area contributed by atoms with Crippen LogP contribution in [0.4, 0.5) is 0 Å². The summed E-state index contributed by atoms with van der Waals surface area (Å²) in [6, 6.07) is 0. The number of hydrogen-bond acceptors (Lipinski definition) is 4. The zero-order valence-electron chi connectivity index (χ0n) is 7.19. The summed E-state index contributed by atoms with van der Waals surface area (Å²) in [4.78, 5) is 21.8. The Balaban J connectivity index is 2.71. The van der Waals surface area contributed by atoms with Gasteiger partial charge in [0.1, 0.15) is 5.60 Å². The highest BCUT2D eigenvalue weighted by Gasteiger charge is 2.43. The third-order valence-electron chi connectivity index (χ3n) is 2.41. The molecule has 1 amide bonds. The quantitative estimate of drug-likeness (QED) is 0.478. The highest BCUT2D eigenvalue weighted by atomic mass is 16.3. The summed E-state index contributed by atoms with van der Waals surface area (Å²) in [5.41, 5.74) is 3.21. The molecular formula is C8H13NO4. The number of aliphatic hydroxyl groups excluding tert-OH is 1. The second-order valence-corrected chi connectivity index (χ2v) is 3.41. The molecule has 0 aromatic heterocycles. The molecular weight excluding hydrogens is 174 g/mol. The van der Waals surface area contributed by atoms with Gasteiger partial charge < -0.3 is 15.9 Å². The second-order valence-electron chi connectivity index (χ2n) is 3.41. The van der Waals surface area contributed by atoms with Gasteiger partial charge in [0.25, 0.3) is 5.91 Å². The van der Waals surface area contributed by atoms with Crippen LogP contribution in [0.2, 0.25) is 0 Å². The summed E-state index contributed by atoms with van der Waals surface area (Å²) < 4.78 is 0. The molecule has 0 spiro atoms. The molecule has 0 aromatic carbocycles. The summed E-state index contributed by atoms with van der Waals surface area (Å²) in [5, 5.41) is 18.7. The Labute approximate surface area is 75.5 Å². The number of rotatable bonds is 3. The average Bonchev–Trinajstić information content (AvgIpc) is 2.50. The molecule has 1 unspecified atom stereocenters. The van der Waals surface area contributed by atoms with Gasteiger partial charge in [-0.15, -0.1) is 0 Å². The lowest BCUT2D eigenvalue weighted by Crippen LogP contribution is -2.48. The Hall–Kier alpha value is -0.940. The van der Waals surface area contributed by atoms with Crippen LogP contribution in [-0.2, 0) is 9.59 Å². The molecule has 74 valence electrons. The molecule has 1 aliphatic rings. The molecule has 5 nitrogen and oxygen atoms in total. The first-order valence-electron chi connectivity index (χ1n) is 4.21. The lowest BCUT2D eigenvalue weighted by atomic mass is 9.92. The summed E-state index contributed by atoms with van der Waals surface area (Å²) in [6.45, 7) is 0. The van der Waals surface area contributed by atoms with Crippen LogP contribution in [-0.4, -0.2) is 33.6 Å². The number of aliphatic hydroxyl groups is 2. The maximum absolute atomic E-state index is 11.3. The first-order chi connectivity index (χ1) is 5.97. The van der Waals surface area contributed by atoms with Gasteiger partial charge in [-0.25, -0.2) is 0 Å². The number of carbonyl (C=O) groups is 2. The monoisotopic (exact) mass is 187 g/mol. The van der Waals surface area contributed by atoms with E-state index in [2.05, 4.69) is 0 Å². The van der Waals surface area contributed by atoms with E-state index in [1.165, 1.54) is 0 Å². The normalized spacial score (nSPS) is 22.6. The summed E-state index contributed by atoms with van der Waals surface area (Å²) in [5.74, 6) is -1.97. The third-order valence-corrected chi connectivity index (χ3v) is 2.41. The maximum atomic E-state index is 11.3. The first-order valence-corrected chi connectivity index (χ1v) is 4.21. The molecule has 0 aromatic rings. The minimum Gasteiger partial charge on any atom is -0.382 e. The molecule has 0 saturated heterocycles. The number of primary amides is 1. The minimum absolute atomic E-state index is 0.302. The molecule has 1 atom stereocenters. The Morgan fingerprint density at radius 1 is 1.31 bits per heavy atom. The van der Waals surface area contributed by atoms with Gasteiger partial charge in [-0.1, -0.05) is 0 Å². The van der Waals surface area contributed by atoms with E-state index in [0.717, 1.165) is 12.8 Å². The predicted octanol–water partition coefficient (Wildman–Crippen LogP) is -1.29. The van der Waals surface area contributed by atoms with Crippen molar-refractivity contribution in [1.29, 1.82) is 0 Å². The van der Waals surface area contributed by atoms with E-state index in [0.29, 0.717) is 12.8 Å². The van der Waals surface area contributed by atoms with Crippen LogP contribution >= 0.6 is 0 Å². The molecule has 4 N–H and O–H groups in total. The topological polar surface area (TPSA) is 101 Å². The van der Waals surface area contributed by atoms with Crippen molar-refractivity contribution in [2.45, 2.75) is 37.4 Å². The van der Waals surface area contributed by atoms with E-state index in [-0.39, 0.29) is 0 Å². The van der Waals surface area contributed by atoms with E-state index in [1.807, 2.05) is 0 Å². The Bertz CT molecular complexity index is 232.